The average Bonchev–Trinajstić information content (AvgIpc) is 3.21. The van der Waals surface area contributed by atoms with Crippen molar-refractivity contribution in [3.63, 3.8) is 0 Å². The van der Waals surface area contributed by atoms with E-state index in [1.807, 2.05) is 0 Å². The van der Waals surface area contributed by atoms with Crippen LogP contribution in [0.3, 0.4) is 0 Å². The van der Waals surface area contributed by atoms with Gasteiger partial charge in [0.1, 0.15) is 0 Å². The van der Waals surface area contributed by atoms with Crippen LogP contribution < -0.4 is 0 Å². The normalized spacial score (nSPS) is 38.7. The zero-order chi connectivity index (χ0) is 20.5. The summed E-state index contributed by atoms with van der Waals surface area (Å²) >= 11 is 1.69. The fourth-order valence-corrected chi connectivity index (χ4v) is 7.71. The van der Waals surface area contributed by atoms with Crippen LogP contribution in [-0.4, -0.2) is 3.21 Å². The summed E-state index contributed by atoms with van der Waals surface area (Å²) in [5.74, 6) is 4.65. The van der Waals surface area contributed by atoms with Crippen LogP contribution in [0, 0.1) is 41.9 Å². The van der Waals surface area contributed by atoms with Crippen LogP contribution in [0.2, 0.25) is 0 Å². The molecule has 0 aromatic carbocycles. The molecular formula is C28H39Zr-. The topological polar surface area (TPSA) is 0 Å². The SMILES string of the molecule is CC1=C(C)C(C)C(C2CCCC3C4C=CC=CC4[CH-]C23)=C1C.[Zr]=[C]1CCCCC1. The molecule has 3 fully saturated rings. The van der Waals surface area contributed by atoms with E-state index < -0.39 is 0 Å². The van der Waals surface area contributed by atoms with Gasteiger partial charge in [-0.2, -0.15) is 5.92 Å². The van der Waals surface area contributed by atoms with Crippen molar-refractivity contribution >= 4 is 3.21 Å². The Labute approximate surface area is 194 Å². The van der Waals surface area contributed by atoms with Crippen molar-refractivity contribution in [2.45, 2.75) is 79.1 Å². The predicted octanol–water partition coefficient (Wildman–Crippen LogP) is 7.57. The van der Waals surface area contributed by atoms with Gasteiger partial charge in [0, 0.05) is 0 Å². The van der Waals surface area contributed by atoms with Crippen molar-refractivity contribution in [2.24, 2.45) is 35.5 Å². The predicted molar refractivity (Wildman–Crippen MR) is 122 cm³/mol. The second-order valence-electron chi connectivity index (χ2n) is 10.2. The second kappa shape index (κ2) is 9.46. The molecule has 5 aliphatic carbocycles. The van der Waals surface area contributed by atoms with Crippen molar-refractivity contribution < 1.29 is 24.2 Å². The van der Waals surface area contributed by atoms with Gasteiger partial charge in [-0.05, 0) is 56.1 Å². The average molecular weight is 467 g/mol. The molecule has 29 heavy (non-hydrogen) atoms. The van der Waals surface area contributed by atoms with E-state index >= 15 is 0 Å². The van der Waals surface area contributed by atoms with E-state index in [0.29, 0.717) is 11.8 Å². The summed E-state index contributed by atoms with van der Waals surface area (Å²) in [6.45, 7) is 9.50. The Morgan fingerprint density at radius 1 is 0.897 bits per heavy atom. The Hall–Kier alpha value is -0.287. The van der Waals surface area contributed by atoms with E-state index in [2.05, 4.69) is 58.4 Å². The van der Waals surface area contributed by atoms with Gasteiger partial charge in [-0.3, -0.25) is 0 Å². The van der Waals surface area contributed by atoms with Crippen molar-refractivity contribution in [3.05, 3.63) is 53.0 Å². The molecule has 0 saturated heterocycles. The van der Waals surface area contributed by atoms with E-state index in [9.17, 15) is 0 Å². The van der Waals surface area contributed by atoms with Crippen LogP contribution in [0.1, 0.15) is 79.1 Å². The number of hydrogen-bond acceptors (Lipinski definition) is 0. The minimum absolute atomic E-state index is 0.672. The summed E-state index contributed by atoms with van der Waals surface area (Å²) in [6, 6.07) is 0. The summed E-state index contributed by atoms with van der Waals surface area (Å²) in [5.41, 5.74) is 6.59. The van der Waals surface area contributed by atoms with Gasteiger partial charge in [-0.1, -0.05) is 55.1 Å². The molecule has 0 bridgehead atoms. The van der Waals surface area contributed by atoms with E-state index in [1.54, 1.807) is 49.7 Å². The van der Waals surface area contributed by atoms with Crippen LogP contribution in [0.5, 0.6) is 0 Å². The zero-order valence-electron chi connectivity index (χ0n) is 19.0. The van der Waals surface area contributed by atoms with Crippen LogP contribution >= 0.6 is 0 Å². The number of allylic oxidation sites excluding steroid dienone is 8. The Morgan fingerprint density at radius 2 is 1.62 bits per heavy atom. The maximum absolute atomic E-state index is 2.72. The standard InChI is InChI=1S/C22H29.C6H10.Zr/c1-13-14(2)16(4)22(15(13)3)20-11-7-10-19-18-9-6-5-8-17(18)12-21(19)20;1-2-4-6-5-3-1;/h5-6,8-9,12,15,17-21H,7,10-11H2,1-4H3;1-5H2;/q-1;;. The van der Waals surface area contributed by atoms with Gasteiger partial charge < -0.3 is 6.42 Å². The molecule has 0 radical (unpaired) electrons. The van der Waals surface area contributed by atoms with Crippen molar-refractivity contribution in [2.75, 3.05) is 0 Å². The first kappa shape index (κ1) is 21.9. The molecule has 0 spiro atoms. The van der Waals surface area contributed by atoms with Gasteiger partial charge in [0.25, 0.3) is 0 Å². The van der Waals surface area contributed by atoms with Crippen LogP contribution in [0.15, 0.2) is 46.6 Å². The number of fused-ring (bicyclic) bond motifs is 3. The third-order valence-electron chi connectivity index (χ3n) is 8.73. The minimum atomic E-state index is 0.672. The molecule has 0 amide bonds. The van der Waals surface area contributed by atoms with Gasteiger partial charge in [-0.15, -0.1) is 12.0 Å². The van der Waals surface area contributed by atoms with Gasteiger partial charge in [-0.25, -0.2) is 0 Å². The van der Waals surface area contributed by atoms with Crippen molar-refractivity contribution in [3.8, 4) is 0 Å². The molecule has 1 heteroatoms. The molecule has 0 aromatic rings. The summed E-state index contributed by atoms with van der Waals surface area (Å²) < 4.78 is 1.80. The third-order valence-corrected chi connectivity index (χ3v) is 9.96. The molecule has 0 aliphatic heterocycles. The van der Waals surface area contributed by atoms with Crippen molar-refractivity contribution in [1.29, 1.82) is 0 Å². The molecule has 0 nitrogen and oxygen atoms in total. The quantitative estimate of drug-likeness (QED) is 0.350. The fourth-order valence-electron chi connectivity index (χ4n) is 6.84. The van der Waals surface area contributed by atoms with Crippen molar-refractivity contribution in [1.82, 2.24) is 0 Å². The van der Waals surface area contributed by atoms with E-state index in [-0.39, 0.29) is 0 Å². The molecule has 5 rings (SSSR count). The molecule has 6 unspecified atom stereocenters. The summed E-state index contributed by atoms with van der Waals surface area (Å²) in [6.07, 6.45) is 23.7. The van der Waals surface area contributed by atoms with E-state index in [0.717, 1.165) is 23.7 Å². The fraction of sp³-hybridized carbons (Fsp3) is 0.643. The summed E-state index contributed by atoms with van der Waals surface area (Å²) in [4.78, 5) is 0. The zero-order valence-corrected chi connectivity index (χ0v) is 21.5. The van der Waals surface area contributed by atoms with E-state index in [4.69, 9.17) is 0 Å². The number of rotatable bonds is 1. The van der Waals surface area contributed by atoms with Crippen LogP contribution in [0.25, 0.3) is 0 Å². The Bertz CT molecular complexity index is 753. The van der Waals surface area contributed by atoms with Gasteiger partial charge in [0.2, 0.25) is 0 Å². The Balaban J connectivity index is 0.000000249. The molecule has 156 valence electrons. The molecular weight excluding hydrogens is 428 g/mol. The first-order valence-corrected chi connectivity index (χ1v) is 13.4. The van der Waals surface area contributed by atoms with E-state index in [1.165, 1.54) is 51.4 Å². The summed E-state index contributed by atoms with van der Waals surface area (Å²) in [5, 5.41) is 0. The first-order chi connectivity index (χ1) is 14.0. The molecule has 5 aliphatic rings. The molecule has 0 heterocycles. The first-order valence-electron chi connectivity index (χ1n) is 12.1. The van der Waals surface area contributed by atoms with Gasteiger partial charge >= 0.3 is 59.5 Å². The molecule has 3 saturated carbocycles. The summed E-state index contributed by atoms with van der Waals surface area (Å²) in [7, 11) is 0. The second-order valence-corrected chi connectivity index (χ2v) is 11.9. The monoisotopic (exact) mass is 465 g/mol. The third kappa shape index (κ3) is 4.38. The molecule has 6 atom stereocenters. The van der Waals surface area contributed by atoms with Gasteiger partial charge in [0.15, 0.2) is 0 Å². The maximum atomic E-state index is 2.72. The Morgan fingerprint density at radius 3 is 2.24 bits per heavy atom. The molecule has 0 N–H and O–H groups in total. The van der Waals surface area contributed by atoms with Crippen LogP contribution in [0.4, 0.5) is 0 Å². The Kier molecular flexibility index (Phi) is 7.16. The van der Waals surface area contributed by atoms with Gasteiger partial charge in [0.05, 0.1) is 0 Å². The van der Waals surface area contributed by atoms with Crippen LogP contribution in [-0.2, 0) is 24.2 Å². The molecule has 0 aromatic heterocycles. The number of hydrogen-bond donors (Lipinski definition) is 0.